The Kier molecular flexibility index (Phi) is 7.39. The molecule has 9 nitrogen and oxygen atoms in total. The summed E-state index contributed by atoms with van der Waals surface area (Å²) in [7, 11) is -2.21. The van der Waals surface area contributed by atoms with Gasteiger partial charge in [0.15, 0.2) is 11.5 Å². The number of methoxy groups -OCH3 is 1. The van der Waals surface area contributed by atoms with Crippen molar-refractivity contribution in [1.29, 1.82) is 0 Å². The first-order valence-electron chi connectivity index (χ1n) is 10.3. The van der Waals surface area contributed by atoms with Gasteiger partial charge in [-0.25, -0.2) is 18.1 Å². The van der Waals surface area contributed by atoms with Gasteiger partial charge in [0.1, 0.15) is 0 Å². The Labute approximate surface area is 206 Å². The molecule has 1 aromatic heterocycles. The third-order valence-corrected chi connectivity index (χ3v) is 8.27. The van der Waals surface area contributed by atoms with Crippen molar-refractivity contribution >= 4 is 44.9 Å². The molecule has 1 aliphatic heterocycles. The van der Waals surface area contributed by atoms with Crippen LogP contribution >= 0.6 is 22.9 Å². The van der Waals surface area contributed by atoms with Crippen LogP contribution in [0.15, 0.2) is 56.8 Å². The van der Waals surface area contributed by atoms with E-state index in [0.29, 0.717) is 53.1 Å². The molecule has 3 aromatic rings. The molecule has 0 radical (unpaired) electrons. The van der Waals surface area contributed by atoms with Crippen LogP contribution in [-0.2, 0) is 14.8 Å². The third-order valence-electron chi connectivity index (χ3n) is 5.12. The van der Waals surface area contributed by atoms with E-state index in [4.69, 9.17) is 21.1 Å². The van der Waals surface area contributed by atoms with Gasteiger partial charge in [0.25, 0.3) is 0 Å². The Morgan fingerprint density at radius 1 is 1.21 bits per heavy atom. The van der Waals surface area contributed by atoms with Crippen LogP contribution in [-0.4, -0.2) is 62.1 Å². The van der Waals surface area contributed by atoms with Gasteiger partial charge in [-0.05, 0) is 48.9 Å². The molecule has 0 bridgehead atoms. The average molecular weight is 523 g/mol. The maximum atomic E-state index is 13.0. The molecule has 0 atom stereocenters. The van der Waals surface area contributed by atoms with Crippen molar-refractivity contribution in [3.8, 4) is 11.5 Å². The number of thiazole rings is 1. The standard InChI is InChI=1S/C22H23ClN4O5S2/c1-15-14-33-22(27(15)24-13-16-3-6-21(31-2)20(28)11-16)25-19-12-17(4-5-18(19)23)34(29,30)26-7-9-32-10-8-26/h3-6,11-14,28H,7-10H2,1-2H3/b24-13-,25-22?. The van der Waals surface area contributed by atoms with Crippen LogP contribution in [0.4, 0.5) is 5.69 Å². The Morgan fingerprint density at radius 3 is 2.68 bits per heavy atom. The minimum Gasteiger partial charge on any atom is -0.504 e. The number of hydrogen-bond acceptors (Lipinski definition) is 8. The summed E-state index contributed by atoms with van der Waals surface area (Å²) in [5.74, 6) is 0.377. The number of nitrogens with zero attached hydrogens (tertiary/aromatic N) is 4. The molecule has 180 valence electrons. The normalized spacial score (nSPS) is 15.8. The van der Waals surface area contributed by atoms with E-state index in [9.17, 15) is 13.5 Å². The Bertz CT molecular complexity index is 1390. The molecule has 1 fully saturated rings. The van der Waals surface area contributed by atoms with E-state index in [1.54, 1.807) is 23.0 Å². The molecule has 2 heterocycles. The highest BCUT2D eigenvalue weighted by Crippen LogP contribution is 2.29. The van der Waals surface area contributed by atoms with E-state index in [-0.39, 0.29) is 10.6 Å². The van der Waals surface area contributed by atoms with E-state index in [1.165, 1.54) is 47.0 Å². The van der Waals surface area contributed by atoms with Crippen LogP contribution in [0.1, 0.15) is 11.3 Å². The largest absolute Gasteiger partial charge is 0.504 e. The SMILES string of the molecule is COc1ccc(/C=N\n2c(C)csc2=Nc2cc(S(=O)(=O)N3CCOCC3)ccc2Cl)cc1O. The second-order valence-corrected chi connectivity index (χ2v) is 10.6. The number of ether oxygens (including phenoxy) is 2. The average Bonchev–Trinajstić information content (AvgIpc) is 3.18. The first-order chi connectivity index (χ1) is 16.3. The van der Waals surface area contributed by atoms with Crippen LogP contribution < -0.4 is 9.54 Å². The molecule has 0 aliphatic carbocycles. The van der Waals surface area contributed by atoms with Gasteiger partial charge in [-0.3, -0.25) is 0 Å². The Morgan fingerprint density at radius 2 is 1.97 bits per heavy atom. The molecule has 0 spiro atoms. The van der Waals surface area contributed by atoms with Crippen LogP contribution in [0.2, 0.25) is 5.02 Å². The summed E-state index contributed by atoms with van der Waals surface area (Å²) in [6.45, 7) is 3.21. The molecule has 12 heteroatoms. The van der Waals surface area contributed by atoms with Crippen molar-refractivity contribution in [2.24, 2.45) is 10.1 Å². The number of phenolic OH excluding ortho intramolecular Hbond substituents is 1. The number of morpholine rings is 1. The van der Waals surface area contributed by atoms with Crippen molar-refractivity contribution in [1.82, 2.24) is 8.98 Å². The van der Waals surface area contributed by atoms with E-state index >= 15 is 0 Å². The minimum absolute atomic E-state index is 0.00785. The number of phenols is 1. The summed E-state index contributed by atoms with van der Waals surface area (Å²) in [4.78, 5) is 5.23. The molecular weight excluding hydrogens is 500 g/mol. The van der Waals surface area contributed by atoms with E-state index < -0.39 is 10.0 Å². The highest BCUT2D eigenvalue weighted by atomic mass is 35.5. The maximum absolute atomic E-state index is 13.0. The van der Waals surface area contributed by atoms with Gasteiger partial charge in [0.05, 0.1) is 47.8 Å². The zero-order valence-corrected chi connectivity index (χ0v) is 20.9. The number of sulfonamides is 1. The minimum atomic E-state index is -3.69. The third kappa shape index (κ3) is 5.18. The van der Waals surface area contributed by atoms with Crippen molar-refractivity contribution < 1.29 is 23.0 Å². The summed E-state index contributed by atoms with van der Waals surface area (Å²) >= 11 is 7.70. The predicted octanol–water partition coefficient (Wildman–Crippen LogP) is 3.36. The molecule has 1 saturated heterocycles. The maximum Gasteiger partial charge on any atom is 0.243 e. The highest BCUT2D eigenvalue weighted by Gasteiger charge is 2.26. The van der Waals surface area contributed by atoms with Gasteiger partial charge < -0.3 is 14.6 Å². The fraction of sp³-hybridized carbons (Fsp3) is 0.273. The Hall–Kier alpha value is -2.70. The number of rotatable bonds is 6. The second kappa shape index (κ2) is 10.3. The predicted molar refractivity (Wildman–Crippen MR) is 131 cm³/mol. The monoisotopic (exact) mass is 522 g/mol. The summed E-state index contributed by atoms with van der Waals surface area (Å²) in [5.41, 5.74) is 1.81. The number of hydrogen-bond donors (Lipinski definition) is 1. The van der Waals surface area contributed by atoms with Crippen molar-refractivity contribution in [3.63, 3.8) is 0 Å². The zero-order valence-electron chi connectivity index (χ0n) is 18.5. The van der Waals surface area contributed by atoms with E-state index in [1.807, 2.05) is 12.3 Å². The van der Waals surface area contributed by atoms with Crippen LogP contribution in [0.5, 0.6) is 11.5 Å². The van der Waals surface area contributed by atoms with Gasteiger partial charge in [0.2, 0.25) is 14.8 Å². The first-order valence-corrected chi connectivity index (χ1v) is 13.0. The molecular formula is C22H23ClN4O5S2. The van der Waals surface area contributed by atoms with Gasteiger partial charge in [-0.15, -0.1) is 11.3 Å². The van der Waals surface area contributed by atoms with E-state index in [0.717, 1.165) is 5.69 Å². The summed E-state index contributed by atoms with van der Waals surface area (Å²) < 4.78 is 39.4. The first kappa shape index (κ1) is 24.4. The lowest BCUT2D eigenvalue weighted by molar-refractivity contribution is 0.0730. The number of aryl methyl sites for hydroxylation is 1. The van der Waals surface area contributed by atoms with Gasteiger partial charge in [-0.2, -0.15) is 9.41 Å². The molecule has 0 saturated carbocycles. The fourth-order valence-corrected chi connectivity index (χ4v) is 5.70. The van der Waals surface area contributed by atoms with Gasteiger partial charge >= 0.3 is 0 Å². The number of halogens is 1. The lowest BCUT2D eigenvalue weighted by Gasteiger charge is -2.26. The molecule has 0 unspecified atom stereocenters. The Balaban J connectivity index is 1.69. The summed E-state index contributed by atoms with van der Waals surface area (Å²) in [5, 5.41) is 16.7. The molecule has 2 aromatic carbocycles. The van der Waals surface area contributed by atoms with Crippen molar-refractivity contribution in [2.45, 2.75) is 11.8 Å². The van der Waals surface area contributed by atoms with Crippen LogP contribution in [0.3, 0.4) is 0 Å². The van der Waals surface area contributed by atoms with Crippen molar-refractivity contribution in [3.05, 3.63) is 62.9 Å². The molecule has 4 rings (SSSR count). The number of benzene rings is 2. The topological polar surface area (TPSA) is 106 Å². The van der Waals surface area contributed by atoms with Crippen molar-refractivity contribution in [2.75, 3.05) is 33.4 Å². The molecule has 1 N–H and O–H groups in total. The quantitative estimate of drug-likeness (QED) is 0.500. The summed E-state index contributed by atoms with van der Waals surface area (Å²) in [6, 6.07) is 9.43. The lowest BCUT2D eigenvalue weighted by atomic mass is 10.2. The number of aromatic nitrogens is 1. The van der Waals surface area contributed by atoms with Gasteiger partial charge in [-0.1, -0.05) is 11.6 Å². The van der Waals surface area contributed by atoms with Gasteiger partial charge in [0, 0.05) is 18.5 Å². The second-order valence-electron chi connectivity index (χ2n) is 7.39. The molecule has 0 amide bonds. The summed E-state index contributed by atoms with van der Waals surface area (Å²) in [6.07, 6.45) is 1.58. The highest BCUT2D eigenvalue weighted by molar-refractivity contribution is 7.89. The fourth-order valence-electron chi connectivity index (χ4n) is 3.29. The zero-order chi connectivity index (χ0) is 24.3. The van der Waals surface area contributed by atoms with Crippen LogP contribution in [0.25, 0.3) is 0 Å². The van der Waals surface area contributed by atoms with E-state index in [2.05, 4.69) is 10.1 Å². The molecule has 1 aliphatic rings. The van der Waals surface area contributed by atoms with Crippen LogP contribution in [0, 0.1) is 6.92 Å². The number of aromatic hydroxyl groups is 1. The lowest BCUT2D eigenvalue weighted by Crippen LogP contribution is -2.40. The smallest absolute Gasteiger partial charge is 0.243 e. The molecule has 34 heavy (non-hydrogen) atoms.